The van der Waals surface area contributed by atoms with E-state index in [1.54, 1.807) is 51.4 Å². The van der Waals surface area contributed by atoms with E-state index >= 15 is 0 Å². The number of anilines is 1. The summed E-state index contributed by atoms with van der Waals surface area (Å²) >= 11 is 2.88. The minimum Gasteiger partial charge on any atom is -0.479 e. The smallest absolute Gasteiger partial charge is 0.410 e. The molecule has 1 unspecified atom stereocenters. The Bertz CT molecular complexity index is 4510. The Kier molecular flexibility index (Phi) is 29.6. The van der Waals surface area contributed by atoms with Crippen LogP contribution in [0.15, 0.2) is 94.2 Å². The number of aliphatic hydroxyl groups excluding tert-OH is 3. The summed E-state index contributed by atoms with van der Waals surface area (Å²) in [7, 11) is 0. The second kappa shape index (κ2) is 39.8. The molecule has 0 radical (unpaired) electrons. The van der Waals surface area contributed by atoms with Crippen LogP contribution in [0, 0.1) is 0 Å². The number of aliphatic hydroxyl groups is 4. The topological polar surface area (TPSA) is 431 Å². The average Bonchev–Trinajstić information content (AvgIpc) is 1.51. The number of hydrogen-bond donors (Lipinski definition) is 8. The minimum absolute atomic E-state index is 0.0113. The molecule has 0 bridgehead atoms. The van der Waals surface area contributed by atoms with Crippen LogP contribution < -0.4 is 35.7 Å². The predicted molar refractivity (Wildman–Crippen MR) is 406 cm³/mol. The van der Waals surface area contributed by atoms with E-state index < -0.39 is 78.5 Å². The fourth-order valence-corrected chi connectivity index (χ4v) is 13.7. The molecule has 0 spiro atoms. The Morgan fingerprint density at radius 1 is 0.705 bits per heavy atom. The van der Waals surface area contributed by atoms with Crippen LogP contribution in [0.4, 0.5) is 10.5 Å². The zero-order valence-electron chi connectivity index (χ0n) is 62.7. The number of nitrogens with one attached hydrogen (secondary N) is 3. The summed E-state index contributed by atoms with van der Waals surface area (Å²) in [4.78, 5) is 117. The second-order valence-electron chi connectivity index (χ2n) is 26.8. The number of rotatable bonds is 41. The van der Waals surface area contributed by atoms with Crippen molar-refractivity contribution in [1.82, 2.24) is 45.0 Å². The number of unbranched alkanes of at least 4 members (excludes halogenated alkanes) is 2. The lowest BCUT2D eigenvalue weighted by Crippen LogP contribution is -2.61. The Morgan fingerprint density at radius 3 is 2.02 bits per heavy atom. The molecule has 4 aliphatic rings. The highest BCUT2D eigenvalue weighted by molar-refractivity contribution is 7.98. The molecule has 4 aliphatic heterocycles. The van der Waals surface area contributed by atoms with Crippen molar-refractivity contribution >= 4 is 75.9 Å². The van der Waals surface area contributed by atoms with Gasteiger partial charge in [0.15, 0.2) is 33.5 Å². The van der Waals surface area contributed by atoms with Gasteiger partial charge in [-0.05, 0) is 137 Å². The van der Waals surface area contributed by atoms with E-state index in [9.17, 15) is 59.1 Å². The highest BCUT2D eigenvalue weighted by atomic mass is 32.2. The number of esters is 1. The monoisotopic (exact) mass is 1590 g/mol. The van der Waals surface area contributed by atoms with Gasteiger partial charge in [-0.3, -0.25) is 19.2 Å². The third-order valence-corrected chi connectivity index (χ3v) is 20.1. The van der Waals surface area contributed by atoms with Crippen LogP contribution in [0.1, 0.15) is 104 Å². The Labute approximate surface area is 653 Å². The van der Waals surface area contributed by atoms with Gasteiger partial charge in [0.2, 0.25) is 24.9 Å². The lowest BCUT2D eigenvalue weighted by Gasteiger charge is -2.38. The molecule has 0 saturated carbocycles. The summed E-state index contributed by atoms with van der Waals surface area (Å²) < 4.78 is 63.8. The maximum Gasteiger partial charge on any atom is 0.410 e. The zero-order valence-corrected chi connectivity index (χ0v) is 64.3. The van der Waals surface area contributed by atoms with Crippen LogP contribution in [-0.4, -0.2) is 237 Å². The van der Waals surface area contributed by atoms with E-state index in [1.165, 1.54) is 51.2 Å². The molecule has 3 aromatic carbocycles. The number of pyridine rings is 2. The predicted octanol–water partition coefficient (Wildman–Crippen LogP) is 5.94. The standard InChI is InChI=1S/C77H92N10O23S2/c1-6-77(99)53-37-58-64-51(39-87(58)70(94)52(53)41-105-73(77)97)49(50-36-60-61(108-43-107-60)38-56(50)83-64)16-22-86(44(2)3)76(98)106-40-45-12-13-59(109-72-67(92)65(90)66(91)68(110-72)71(95)96)57(32-45)82-63(89)42-104-31-30-103-29-21-78-62(88)17-28-102-26-10-9-24-100-23-7-8-25-101-27-11-18-79-69(93)48-34-46(54-14-19-80-74(84-54)111-4)33-47(35-48)55-15-20-81-75(85-55)112-5/h12-15,19-20,32-38,44,65-68,72,90-92,99H,6-11,16-18,21-31,39-43H2,1-5H3,(H,78,88)(H,79,93)(H,82,89)(H,95,96)/t65-,66-,67+,68-,72?,77-/m0/s1. The van der Waals surface area contributed by atoms with Crippen molar-refractivity contribution in [3.05, 3.63) is 123 Å². The number of carboxylic acid groups (broad SMARTS) is 1. The molecule has 4 amide bonds. The minimum atomic E-state index is -2.05. The van der Waals surface area contributed by atoms with Gasteiger partial charge in [0.05, 0.1) is 72.5 Å². The van der Waals surface area contributed by atoms with Gasteiger partial charge in [-0.2, -0.15) is 0 Å². The maximum atomic E-state index is 14.2. The summed E-state index contributed by atoms with van der Waals surface area (Å²) in [5.41, 5.74) is 4.28. The van der Waals surface area contributed by atoms with Gasteiger partial charge in [0.1, 0.15) is 43.9 Å². The van der Waals surface area contributed by atoms with Crippen molar-refractivity contribution in [3.63, 3.8) is 0 Å². The molecular weight excluding hydrogens is 1500 g/mol. The molecular formula is C77H92N10O23S2. The molecule has 6 atom stereocenters. The van der Waals surface area contributed by atoms with Gasteiger partial charge < -0.3 is 103 Å². The third kappa shape index (κ3) is 20.8. The second-order valence-corrected chi connectivity index (χ2v) is 28.4. The largest absolute Gasteiger partial charge is 0.479 e. The molecule has 8 N–H and O–H groups in total. The number of hydrogen-bond acceptors (Lipinski definition) is 29. The SMILES string of the molecule is CC[C@@]1(O)C(=O)OCc2c1cc1n(c2=O)Cc2c-1nc1cc3c(cc1c2CCN(C(=O)OCc1ccc(OC2O[C@H](C(=O)O)[C@@H](O)[C@H](O)[C@H]2O)c(NC(=O)COCCOCCNC(=O)CCOCCCCOCCCCOCCCNC(=O)c2cc(-c4ccnc(SC)n4)cc(-c4ccnc(SC)n4)c2)c1)C(C)C)OCO3. The maximum absolute atomic E-state index is 14.2. The molecule has 35 heteroatoms. The lowest BCUT2D eigenvalue weighted by atomic mass is 9.86. The molecule has 11 rings (SSSR count). The van der Waals surface area contributed by atoms with Crippen LogP contribution >= 0.6 is 23.5 Å². The van der Waals surface area contributed by atoms with Crippen LogP contribution in [0.5, 0.6) is 17.2 Å². The Balaban J connectivity index is 0.566. The molecule has 7 aromatic rings. The first-order valence-electron chi connectivity index (χ1n) is 36.9. The average molecular weight is 1590 g/mol. The fourth-order valence-electron chi connectivity index (χ4n) is 12.9. The molecule has 4 aromatic heterocycles. The first kappa shape index (κ1) is 83.4. The van der Waals surface area contributed by atoms with Crippen molar-refractivity contribution in [3.8, 4) is 51.2 Å². The molecule has 8 heterocycles. The van der Waals surface area contributed by atoms with Crippen molar-refractivity contribution in [2.45, 2.75) is 145 Å². The summed E-state index contributed by atoms with van der Waals surface area (Å²) in [5.74, 6) is -2.88. The first-order chi connectivity index (χ1) is 54.2. The summed E-state index contributed by atoms with van der Waals surface area (Å²) in [5, 5.41) is 63.3. The zero-order chi connectivity index (χ0) is 79.4. The van der Waals surface area contributed by atoms with Crippen molar-refractivity contribution in [2.75, 3.05) is 110 Å². The van der Waals surface area contributed by atoms with E-state index in [0.29, 0.717) is 118 Å². The van der Waals surface area contributed by atoms with Gasteiger partial charge in [0.25, 0.3) is 11.5 Å². The van der Waals surface area contributed by atoms with Crippen LogP contribution in [0.2, 0.25) is 0 Å². The van der Waals surface area contributed by atoms with E-state index in [4.69, 9.17) is 57.1 Å². The lowest BCUT2D eigenvalue weighted by molar-refractivity contribution is -0.271. The summed E-state index contributed by atoms with van der Waals surface area (Å²) in [6.07, 6.45) is 0.914. The van der Waals surface area contributed by atoms with Gasteiger partial charge in [-0.25, -0.2) is 39.3 Å². The number of aliphatic carboxylic acids is 1. The van der Waals surface area contributed by atoms with Gasteiger partial charge in [0, 0.05) is 117 Å². The number of cyclic esters (lactones) is 1. The normalized spacial score (nSPS) is 18.0. The highest BCUT2D eigenvalue weighted by Crippen LogP contribution is 2.44. The van der Waals surface area contributed by atoms with Crippen LogP contribution in [0.3, 0.4) is 0 Å². The number of carbonyl (C=O) groups excluding carboxylic acids is 5. The molecule has 112 heavy (non-hydrogen) atoms. The number of fused-ring (bicyclic) bond motifs is 6. The van der Waals surface area contributed by atoms with E-state index in [2.05, 4.69) is 35.9 Å². The number of amides is 4. The third-order valence-electron chi connectivity index (χ3n) is 19.0. The number of carboxylic acids is 1. The summed E-state index contributed by atoms with van der Waals surface area (Å²) in [6, 6.07) is 18.2. The van der Waals surface area contributed by atoms with E-state index in [0.717, 1.165) is 42.4 Å². The van der Waals surface area contributed by atoms with E-state index in [-0.39, 0.29) is 120 Å². The molecule has 33 nitrogen and oxygen atoms in total. The molecule has 1 saturated heterocycles. The van der Waals surface area contributed by atoms with Crippen LogP contribution in [-0.2, 0) is 88.9 Å². The van der Waals surface area contributed by atoms with Crippen LogP contribution in [0.25, 0.3) is 44.8 Å². The molecule has 600 valence electrons. The quantitative estimate of drug-likeness (QED) is 0.00951. The molecule has 0 aliphatic carbocycles. The first-order valence-corrected chi connectivity index (χ1v) is 39.3. The van der Waals surface area contributed by atoms with Gasteiger partial charge in [-0.15, -0.1) is 0 Å². The number of nitrogens with zero attached hydrogens (tertiary/aromatic N) is 7. The fraction of sp³-hybridized carbons (Fsp3) is 0.481. The van der Waals surface area contributed by atoms with Gasteiger partial charge in [-0.1, -0.05) is 36.5 Å². The number of aromatic nitrogens is 6. The highest BCUT2D eigenvalue weighted by Gasteiger charge is 2.49. The van der Waals surface area contributed by atoms with Crippen molar-refractivity contribution in [1.29, 1.82) is 0 Å². The summed E-state index contributed by atoms with van der Waals surface area (Å²) in [6.45, 7) is 8.03. The van der Waals surface area contributed by atoms with Gasteiger partial charge >= 0.3 is 18.0 Å². The molecule has 1 fully saturated rings. The Hall–Kier alpha value is -9.50. The number of ether oxygens (including phenoxy) is 11. The number of benzene rings is 3. The van der Waals surface area contributed by atoms with E-state index in [1.807, 2.05) is 42.8 Å². The van der Waals surface area contributed by atoms with Crippen molar-refractivity contribution in [2.24, 2.45) is 0 Å². The number of carbonyl (C=O) groups is 6. The van der Waals surface area contributed by atoms with Crippen molar-refractivity contribution < 1.29 is 106 Å². The number of thioether (sulfide) groups is 2. The Morgan fingerprint density at radius 2 is 1.36 bits per heavy atom.